The second-order valence-electron chi connectivity index (χ2n) is 3.88. The van der Waals surface area contributed by atoms with Gasteiger partial charge in [-0.25, -0.2) is 4.39 Å². The van der Waals surface area contributed by atoms with Crippen LogP contribution in [0.2, 0.25) is 0 Å². The molecule has 0 saturated carbocycles. The number of hydrogen-bond donors (Lipinski definition) is 2. The number of aliphatic hydroxyl groups is 1. The summed E-state index contributed by atoms with van der Waals surface area (Å²) in [7, 11) is 0. The number of hydrogen-bond acceptors (Lipinski definition) is 4. The highest BCUT2D eigenvalue weighted by molar-refractivity contribution is 7.20. The average Bonchev–Trinajstić information content (AvgIpc) is 2.81. The van der Waals surface area contributed by atoms with Gasteiger partial charge in [0.05, 0.1) is 24.7 Å². The van der Waals surface area contributed by atoms with Gasteiger partial charge in [-0.2, -0.15) is 0 Å². The van der Waals surface area contributed by atoms with Crippen molar-refractivity contribution < 1.29 is 19.0 Å². The highest BCUT2D eigenvalue weighted by Gasteiger charge is 2.10. The number of ether oxygens (including phenoxy) is 1. The van der Waals surface area contributed by atoms with Crippen LogP contribution in [0.1, 0.15) is 9.67 Å². The van der Waals surface area contributed by atoms with Crippen molar-refractivity contribution in [2.24, 2.45) is 0 Å². The molecule has 4 nitrogen and oxygen atoms in total. The molecule has 2 aromatic rings. The maximum atomic E-state index is 13.0. The Kier molecular flexibility index (Phi) is 4.84. The van der Waals surface area contributed by atoms with E-state index in [9.17, 15) is 9.18 Å². The molecule has 0 spiro atoms. The fourth-order valence-electron chi connectivity index (χ4n) is 1.62. The lowest BCUT2D eigenvalue weighted by molar-refractivity contribution is 0.0840. The lowest BCUT2D eigenvalue weighted by Gasteiger charge is -2.03. The van der Waals surface area contributed by atoms with E-state index in [0.717, 1.165) is 10.1 Å². The molecule has 102 valence electrons. The second-order valence-corrected chi connectivity index (χ2v) is 4.97. The highest BCUT2D eigenvalue weighted by atomic mass is 32.1. The number of nitrogens with one attached hydrogen (secondary N) is 1. The molecule has 0 fully saturated rings. The molecular formula is C13H14FNO3S. The standard InChI is InChI=1S/C13H14FNO3S/c14-10-1-2-11-9(7-10)8-12(19-11)13(17)15-3-5-18-6-4-16/h1-2,7-8,16H,3-6H2,(H,15,17). The lowest BCUT2D eigenvalue weighted by atomic mass is 10.2. The summed E-state index contributed by atoms with van der Waals surface area (Å²) in [6, 6.07) is 6.12. The van der Waals surface area contributed by atoms with Crippen molar-refractivity contribution in [3.05, 3.63) is 35.0 Å². The van der Waals surface area contributed by atoms with Crippen LogP contribution in [0.5, 0.6) is 0 Å². The van der Waals surface area contributed by atoms with Gasteiger partial charge < -0.3 is 15.2 Å². The molecule has 2 rings (SSSR count). The first-order valence-corrected chi connectivity index (χ1v) is 6.68. The van der Waals surface area contributed by atoms with Crippen molar-refractivity contribution in [2.45, 2.75) is 0 Å². The van der Waals surface area contributed by atoms with E-state index >= 15 is 0 Å². The van der Waals surface area contributed by atoms with E-state index in [1.165, 1.54) is 23.5 Å². The van der Waals surface area contributed by atoms with E-state index < -0.39 is 0 Å². The van der Waals surface area contributed by atoms with Gasteiger partial charge in [0.2, 0.25) is 0 Å². The molecule has 1 aromatic carbocycles. The largest absolute Gasteiger partial charge is 0.394 e. The van der Waals surface area contributed by atoms with Crippen molar-refractivity contribution in [1.29, 1.82) is 0 Å². The summed E-state index contributed by atoms with van der Waals surface area (Å²) in [5.41, 5.74) is 0. The van der Waals surface area contributed by atoms with Gasteiger partial charge in [0.25, 0.3) is 5.91 Å². The van der Waals surface area contributed by atoms with E-state index in [4.69, 9.17) is 9.84 Å². The zero-order valence-corrected chi connectivity index (χ0v) is 11.0. The van der Waals surface area contributed by atoms with Gasteiger partial charge in [0.1, 0.15) is 5.82 Å². The van der Waals surface area contributed by atoms with Gasteiger partial charge in [-0.05, 0) is 29.7 Å². The maximum Gasteiger partial charge on any atom is 0.261 e. The van der Waals surface area contributed by atoms with Crippen molar-refractivity contribution >= 4 is 27.3 Å². The molecule has 0 radical (unpaired) electrons. The van der Waals surface area contributed by atoms with E-state index in [0.29, 0.717) is 18.0 Å². The third kappa shape index (κ3) is 3.73. The van der Waals surface area contributed by atoms with Crippen LogP contribution in [-0.4, -0.2) is 37.4 Å². The van der Waals surface area contributed by atoms with Crippen LogP contribution in [0.15, 0.2) is 24.3 Å². The zero-order valence-electron chi connectivity index (χ0n) is 10.2. The topological polar surface area (TPSA) is 58.6 Å². The van der Waals surface area contributed by atoms with Gasteiger partial charge in [0, 0.05) is 11.2 Å². The van der Waals surface area contributed by atoms with Gasteiger partial charge in [-0.3, -0.25) is 4.79 Å². The van der Waals surface area contributed by atoms with Crippen LogP contribution < -0.4 is 5.32 Å². The smallest absolute Gasteiger partial charge is 0.261 e. The molecule has 0 unspecified atom stereocenters. The Hall–Kier alpha value is -1.50. The van der Waals surface area contributed by atoms with Crippen LogP contribution in [0.25, 0.3) is 10.1 Å². The first-order valence-electron chi connectivity index (χ1n) is 5.86. The molecule has 0 bridgehead atoms. The Labute approximate surface area is 113 Å². The molecule has 6 heteroatoms. The SMILES string of the molecule is O=C(NCCOCCO)c1cc2cc(F)ccc2s1. The second kappa shape index (κ2) is 6.60. The Bertz CT molecular complexity index is 570. The summed E-state index contributed by atoms with van der Waals surface area (Å²) in [5, 5.41) is 11.9. The van der Waals surface area contributed by atoms with Gasteiger partial charge in [-0.1, -0.05) is 0 Å². The Balaban J connectivity index is 1.94. The lowest BCUT2D eigenvalue weighted by Crippen LogP contribution is -2.26. The van der Waals surface area contributed by atoms with Crippen molar-refractivity contribution in [1.82, 2.24) is 5.32 Å². The molecule has 19 heavy (non-hydrogen) atoms. The van der Waals surface area contributed by atoms with Gasteiger partial charge in [0.15, 0.2) is 0 Å². The predicted octanol–water partition coefficient (Wildman–Crippen LogP) is 1.78. The quantitative estimate of drug-likeness (QED) is 0.795. The molecule has 0 saturated heterocycles. The summed E-state index contributed by atoms with van der Waals surface area (Å²) in [4.78, 5) is 12.4. The van der Waals surface area contributed by atoms with Crippen LogP contribution in [0.3, 0.4) is 0 Å². The van der Waals surface area contributed by atoms with Crippen LogP contribution >= 0.6 is 11.3 Å². The summed E-state index contributed by atoms with van der Waals surface area (Å²) in [5.74, 6) is -0.510. The summed E-state index contributed by atoms with van der Waals surface area (Å²) >= 11 is 1.32. The molecular weight excluding hydrogens is 269 g/mol. The summed E-state index contributed by atoms with van der Waals surface area (Å²) in [6.45, 7) is 0.959. The van der Waals surface area contributed by atoms with Crippen LogP contribution in [-0.2, 0) is 4.74 Å². The molecule has 2 N–H and O–H groups in total. The predicted molar refractivity (Wildman–Crippen MR) is 72.0 cm³/mol. The van der Waals surface area contributed by atoms with Gasteiger partial charge in [-0.15, -0.1) is 11.3 Å². The maximum absolute atomic E-state index is 13.0. The molecule has 0 aliphatic heterocycles. The third-order valence-corrected chi connectivity index (χ3v) is 3.58. The molecule has 1 heterocycles. The fraction of sp³-hybridized carbons (Fsp3) is 0.308. The van der Waals surface area contributed by atoms with E-state index in [1.807, 2.05) is 0 Å². The molecule has 1 aromatic heterocycles. The average molecular weight is 283 g/mol. The van der Waals surface area contributed by atoms with Crippen molar-refractivity contribution in [3.63, 3.8) is 0 Å². The van der Waals surface area contributed by atoms with E-state index in [2.05, 4.69) is 5.32 Å². The summed E-state index contributed by atoms with van der Waals surface area (Å²) < 4.78 is 18.9. The number of rotatable bonds is 6. The first-order chi connectivity index (χ1) is 9.20. The van der Waals surface area contributed by atoms with E-state index in [1.54, 1.807) is 12.1 Å². The number of benzene rings is 1. The Morgan fingerprint density at radius 1 is 1.37 bits per heavy atom. The summed E-state index contributed by atoms with van der Waals surface area (Å²) in [6.07, 6.45) is 0. The minimum atomic E-state index is -0.310. The molecule has 1 amide bonds. The number of aliphatic hydroxyl groups excluding tert-OH is 1. The highest BCUT2D eigenvalue weighted by Crippen LogP contribution is 2.26. The van der Waals surface area contributed by atoms with Crippen molar-refractivity contribution in [3.8, 4) is 0 Å². The van der Waals surface area contributed by atoms with Gasteiger partial charge >= 0.3 is 0 Å². The number of amides is 1. The number of halogens is 1. The zero-order chi connectivity index (χ0) is 13.7. The minimum Gasteiger partial charge on any atom is -0.394 e. The molecule has 0 aliphatic rings. The minimum absolute atomic E-state index is 0.0319. The molecule has 0 aliphatic carbocycles. The van der Waals surface area contributed by atoms with E-state index in [-0.39, 0.29) is 24.9 Å². The fourth-order valence-corrected chi connectivity index (χ4v) is 2.58. The van der Waals surface area contributed by atoms with Crippen molar-refractivity contribution in [2.75, 3.05) is 26.4 Å². The number of carbonyl (C=O) groups excluding carboxylic acids is 1. The first kappa shape index (κ1) is 13.9. The van der Waals surface area contributed by atoms with Crippen LogP contribution in [0.4, 0.5) is 4.39 Å². The number of carbonyl (C=O) groups is 1. The monoisotopic (exact) mass is 283 g/mol. The van der Waals surface area contributed by atoms with Crippen LogP contribution in [0, 0.1) is 5.82 Å². The number of thiophene rings is 1. The molecule has 0 atom stereocenters. The normalized spacial score (nSPS) is 10.8. The third-order valence-electron chi connectivity index (χ3n) is 2.47. The Morgan fingerprint density at radius 3 is 3.00 bits per heavy atom. The number of fused-ring (bicyclic) bond motifs is 1. The Morgan fingerprint density at radius 2 is 2.21 bits per heavy atom.